The van der Waals surface area contributed by atoms with Crippen LogP contribution in [0.5, 0.6) is 0 Å². The van der Waals surface area contributed by atoms with Crippen molar-refractivity contribution in [3.8, 4) is 0 Å². The van der Waals surface area contributed by atoms with Gasteiger partial charge in [-0.05, 0) is 37.3 Å². The molecule has 2 amide bonds. The molecule has 1 aromatic carbocycles. The molecule has 1 aliphatic rings. The van der Waals surface area contributed by atoms with E-state index < -0.39 is 0 Å². The molecule has 1 saturated heterocycles. The maximum atomic E-state index is 12.6. The number of carbonyl (C=O) groups is 2. The van der Waals surface area contributed by atoms with E-state index in [9.17, 15) is 9.59 Å². The fraction of sp³-hybridized carbons (Fsp3) is 0.529. The molecule has 1 aromatic rings. The van der Waals surface area contributed by atoms with Gasteiger partial charge in [0.15, 0.2) is 0 Å². The molecular formula is C17H24N2O2. The summed E-state index contributed by atoms with van der Waals surface area (Å²) in [5.74, 6) is 0.674. The number of likely N-dealkylation sites (tertiary alicyclic amines) is 1. The van der Waals surface area contributed by atoms with E-state index in [1.54, 1.807) is 12.1 Å². The van der Waals surface area contributed by atoms with Gasteiger partial charge in [0.1, 0.15) is 0 Å². The van der Waals surface area contributed by atoms with Crippen LogP contribution in [0, 0.1) is 5.92 Å². The Kier molecular flexibility index (Phi) is 5.37. The quantitative estimate of drug-likeness (QED) is 0.924. The molecule has 21 heavy (non-hydrogen) atoms. The molecule has 0 radical (unpaired) electrons. The minimum absolute atomic E-state index is 0.0225. The number of amides is 2. The summed E-state index contributed by atoms with van der Waals surface area (Å²) in [7, 11) is 0. The lowest BCUT2D eigenvalue weighted by molar-refractivity contribution is -0.116. The Morgan fingerprint density at radius 1 is 1.24 bits per heavy atom. The summed E-state index contributed by atoms with van der Waals surface area (Å²) in [6.07, 6.45) is 3.38. The summed E-state index contributed by atoms with van der Waals surface area (Å²) in [6, 6.07) is 7.28. The van der Waals surface area contributed by atoms with Gasteiger partial charge in [-0.2, -0.15) is 0 Å². The van der Waals surface area contributed by atoms with Gasteiger partial charge < -0.3 is 10.2 Å². The molecule has 0 aromatic heterocycles. The first-order chi connectivity index (χ1) is 10.1. The average molecular weight is 288 g/mol. The van der Waals surface area contributed by atoms with Gasteiger partial charge in [0, 0.05) is 19.5 Å². The smallest absolute Gasteiger partial charge is 0.255 e. The lowest BCUT2D eigenvalue weighted by Crippen LogP contribution is -2.38. The Hall–Kier alpha value is -1.84. The molecule has 1 N–H and O–H groups in total. The van der Waals surface area contributed by atoms with E-state index in [0.29, 0.717) is 23.6 Å². The minimum Gasteiger partial charge on any atom is -0.339 e. The van der Waals surface area contributed by atoms with E-state index in [-0.39, 0.29) is 11.8 Å². The van der Waals surface area contributed by atoms with Crippen LogP contribution in [0.1, 0.15) is 49.9 Å². The van der Waals surface area contributed by atoms with E-state index >= 15 is 0 Å². The predicted octanol–water partition coefficient (Wildman–Crippen LogP) is 3.30. The van der Waals surface area contributed by atoms with Crippen molar-refractivity contribution >= 4 is 17.5 Å². The first-order valence-electron chi connectivity index (χ1n) is 7.80. The Bertz CT molecular complexity index is 505. The highest BCUT2D eigenvalue weighted by atomic mass is 16.2. The third kappa shape index (κ3) is 4.06. The van der Waals surface area contributed by atoms with E-state index in [2.05, 4.69) is 12.2 Å². The summed E-state index contributed by atoms with van der Waals surface area (Å²) in [5, 5.41) is 2.85. The first-order valence-corrected chi connectivity index (χ1v) is 7.80. The van der Waals surface area contributed by atoms with Crippen molar-refractivity contribution in [2.45, 2.75) is 39.5 Å². The molecule has 0 bridgehead atoms. The summed E-state index contributed by atoms with van der Waals surface area (Å²) in [6.45, 7) is 5.79. The number of benzene rings is 1. The molecular weight excluding hydrogens is 264 g/mol. The number of piperidine rings is 1. The van der Waals surface area contributed by atoms with Crippen LogP contribution in [0.25, 0.3) is 0 Å². The summed E-state index contributed by atoms with van der Waals surface area (Å²) >= 11 is 0. The first kappa shape index (κ1) is 15.5. The van der Waals surface area contributed by atoms with E-state index in [1.165, 1.54) is 0 Å². The molecule has 4 nitrogen and oxygen atoms in total. The maximum Gasteiger partial charge on any atom is 0.255 e. The van der Waals surface area contributed by atoms with Crippen LogP contribution < -0.4 is 5.32 Å². The zero-order valence-electron chi connectivity index (χ0n) is 12.9. The van der Waals surface area contributed by atoms with E-state index in [0.717, 1.165) is 32.4 Å². The van der Waals surface area contributed by atoms with Crippen molar-refractivity contribution in [1.82, 2.24) is 4.90 Å². The van der Waals surface area contributed by atoms with Gasteiger partial charge in [-0.3, -0.25) is 9.59 Å². The van der Waals surface area contributed by atoms with Gasteiger partial charge in [-0.15, -0.1) is 0 Å². The lowest BCUT2D eigenvalue weighted by atomic mass is 9.98. The molecule has 0 atom stereocenters. The van der Waals surface area contributed by atoms with Crippen LogP contribution in [0.3, 0.4) is 0 Å². The van der Waals surface area contributed by atoms with E-state index in [1.807, 2.05) is 24.0 Å². The zero-order valence-corrected chi connectivity index (χ0v) is 12.9. The van der Waals surface area contributed by atoms with Crippen molar-refractivity contribution in [2.75, 3.05) is 18.4 Å². The maximum absolute atomic E-state index is 12.6. The van der Waals surface area contributed by atoms with Crippen molar-refractivity contribution in [3.63, 3.8) is 0 Å². The molecule has 0 spiro atoms. The van der Waals surface area contributed by atoms with Crippen LogP contribution >= 0.6 is 0 Å². The predicted molar refractivity (Wildman–Crippen MR) is 84.3 cm³/mol. The number of hydrogen-bond donors (Lipinski definition) is 1. The van der Waals surface area contributed by atoms with Gasteiger partial charge in [0.25, 0.3) is 5.91 Å². The highest BCUT2D eigenvalue weighted by Gasteiger charge is 2.23. The molecule has 2 rings (SSSR count). The zero-order chi connectivity index (χ0) is 15.2. The fourth-order valence-electron chi connectivity index (χ4n) is 2.60. The van der Waals surface area contributed by atoms with E-state index in [4.69, 9.17) is 0 Å². The largest absolute Gasteiger partial charge is 0.339 e. The molecule has 0 aliphatic carbocycles. The van der Waals surface area contributed by atoms with Crippen molar-refractivity contribution in [3.05, 3.63) is 29.8 Å². The summed E-state index contributed by atoms with van der Waals surface area (Å²) < 4.78 is 0. The topological polar surface area (TPSA) is 49.4 Å². The molecule has 0 unspecified atom stereocenters. The third-order valence-corrected chi connectivity index (χ3v) is 3.98. The molecule has 114 valence electrons. The number of carbonyl (C=O) groups excluding carboxylic acids is 2. The van der Waals surface area contributed by atoms with Crippen LogP contribution in [0.4, 0.5) is 5.69 Å². The second-order valence-electron chi connectivity index (χ2n) is 5.82. The van der Waals surface area contributed by atoms with Crippen LogP contribution in [-0.4, -0.2) is 29.8 Å². The average Bonchev–Trinajstić information content (AvgIpc) is 2.48. The Morgan fingerprint density at radius 3 is 2.57 bits per heavy atom. The lowest BCUT2D eigenvalue weighted by Gasteiger charge is -2.30. The Morgan fingerprint density at radius 2 is 1.90 bits per heavy atom. The number of nitrogens with zero attached hydrogens (tertiary/aromatic N) is 1. The van der Waals surface area contributed by atoms with Gasteiger partial charge in [0.05, 0.1) is 11.3 Å². The van der Waals surface area contributed by atoms with Gasteiger partial charge in [0.2, 0.25) is 5.91 Å². The molecule has 4 heteroatoms. The van der Waals surface area contributed by atoms with Crippen LogP contribution in [-0.2, 0) is 4.79 Å². The Labute approximate surface area is 126 Å². The number of para-hydroxylation sites is 1. The van der Waals surface area contributed by atoms with Gasteiger partial charge >= 0.3 is 0 Å². The monoisotopic (exact) mass is 288 g/mol. The summed E-state index contributed by atoms with van der Waals surface area (Å²) in [4.78, 5) is 26.3. The minimum atomic E-state index is -0.0370. The third-order valence-electron chi connectivity index (χ3n) is 3.98. The van der Waals surface area contributed by atoms with Crippen molar-refractivity contribution in [2.24, 2.45) is 5.92 Å². The molecule has 1 fully saturated rings. The Balaban J connectivity index is 2.11. The second kappa shape index (κ2) is 7.25. The second-order valence-corrected chi connectivity index (χ2v) is 5.82. The molecule has 0 saturated carbocycles. The number of hydrogen-bond acceptors (Lipinski definition) is 2. The highest BCUT2D eigenvalue weighted by molar-refractivity contribution is 6.03. The number of anilines is 1. The fourth-order valence-corrected chi connectivity index (χ4v) is 2.60. The normalized spacial score (nSPS) is 15.8. The van der Waals surface area contributed by atoms with Crippen LogP contribution in [0.15, 0.2) is 24.3 Å². The summed E-state index contributed by atoms with van der Waals surface area (Å²) in [5.41, 5.74) is 1.22. The number of rotatable bonds is 4. The van der Waals surface area contributed by atoms with Crippen molar-refractivity contribution < 1.29 is 9.59 Å². The molecule has 1 aliphatic heterocycles. The van der Waals surface area contributed by atoms with Crippen molar-refractivity contribution in [1.29, 1.82) is 0 Å². The number of nitrogens with one attached hydrogen (secondary N) is 1. The SMILES string of the molecule is CCCC(=O)Nc1ccccc1C(=O)N1CCC(C)CC1. The van der Waals surface area contributed by atoms with Gasteiger partial charge in [-0.25, -0.2) is 0 Å². The van der Waals surface area contributed by atoms with Gasteiger partial charge in [-0.1, -0.05) is 26.0 Å². The van der Waals surface area contributed by atoms with Crippen LogP contribution in [0.2, 0.25) is 0 Å². The highest BCUT2D eigenvalue weighted by Crippen LogP contribution is 2.22. The molecule has 1 heterocycles. The standard InChI is InChI=1S/C17H24N2O2/c1-3-6-16(20)18-15-8-5-4-7-14(15)17(21)19-11-9-13(2)10-12-19/h4-5,7-8,13H,3,6,9-12H2,1-2H3,(H,18,20).